The first-order valence-corrected chi connectivity index (χ1v) is 7.81. The lowest BCUT2D eigenvalue weighted by atomic mass is 10.1. The lowest BCUT2D eigenvalue weighted by Crippen LogP contribution is -2.06. The highest BCUT2D eigenvalue weighted by Crippen LogP contribution is 2.28. The lowest BCUT2D eigenvalue weighted by Gasteiger charge is -2.10. The van der Waals surface area contributed by atoms with E-state index in [4.69, 9.17) is 28.9 Å². The predicted molar refractivity (Wildman–Crippen MR) is 87.4 cm³/mol. The number of nitrogens with zero attached hydrogens (tertiary/aromatic N) is 2. The molecule has 0 radical (unpaired) electrons. The van der Waals surface area contributed by atoms with Gasteiger partial charge in [0.2, 0.25) is 0 Å². The van der Waals surface area contributed by atoms with E-state index < -0.39 is 0 Å². The maximum absolute atomic E-state index is 6.17. The van der Waals surface area contributed by atoms with Gasteiger partial charge in [0.05, 0.1) is 10.2 Å². The third kappa shape index (κ3) is 3.43. The first-order valence-electron chi connectivity index (χ1n) is 6.26. The summed E-state index contributed by atoms with van der Waals surface area (Å²) in [7, 11) is 0. The predicted octanol–water partition coefficient (Wildman–Crippen LogP) is 4.67. The normalized spacial score (nSPS) is 10.8. The minimum Gasteiger partial charge on any atom is -0.383 e. The molecule has 2 N–H and O–H groups in total. The number of hydrogen-bond donors (Lipinski definition) is 1. The van der Waals surface area contributed by atoms with Crippen molar-refractivity contribution in [2.24, 2.45) is 0 Å². The molecule has 106 valence electrons. The molecule has 0 spiro atoms. The van der Waals surface area contributed by atoms with Gasteiger partial charge in [-0.1, -0.05) is 42.6 Å². The van der Waals surface area contributed by atoms with Crippen molar-refractivity contribution in [3.05, 3.63) is 49.8 Å². The summed E-state index contributed by atoms with van der Waals surface area (Å²) in [6.07, 6.45) is 2.30. The van der Waals surface area contributed by atoms with Gasteiger partial charge in [0, 0.05) is 16.5 Å². The number of halogens is 3. The fourth-order valence-electron chi connectivity index (χ4n) is 1.91. The number of nitrogens with two attached hydrogens (primary N) is 1. The van der Waals surface area contributed by atoms with Gasteiger partial charge in [0.15, 0.2) is 0 Å². The molecule has 20 heavy (non-hydrogen) atoms. The molecule has 0 aliphatic carbocycles. The molecule has 0 saturated carbocycles. The fourth-order valence-corrected chi connectivity index (χ4v) is 2.81. The van der Waals surface area contributed by atoms with Crippen LogP contribution in [0.4, 0.5) is 5.82 Å². The molecule has 0 unspecified atom stereocenters. The average Bonchev–Trinajstić information content (AvgIpc) is 2.40. The first-order chi connectivity index (χ1) is 9.52. The molecular weight excluding hydrogens is 361 g/mol. The lowest BCUT2D eigenvalue weighted by molar-refractivity contribution is 0.837. The van der Waals surface area contributed by atoms with Gasteiger partial charge in [-0.25, -0.2) is 9.97 Å². The van der Waals surface area contributed by atoms with Crippen LogP contribution in [0.15, 0.2) is 22.7 Å². The van der Waals surface area contributed by atoms with Crippen LogP contribution in [0.25, 0.3) is 0 Å². The van der Waals surface area contributed by atoms with Gasteiger partial charge in [0.1, 0.15) is 11.6 Å². The molecule has 0 bridgehead atoms. The van der Waals surface area contributed by atoms with E-state index in [1.165, 1.54) is 0 Å². The average molecular weight is 375 g/mol. The minimum atomic E-state index is 0.446. The topological polar surface area (TPSA) is 51.8 Å². The number of anilines is 1. The number of aryl methyl sites for hydroxylation is 1. The van der Waals surface area contributed by atoms with Crippen molar-refractivity contribution in [1.82, 2.24) is 9.97 Å². The van der Waals surface area contributed by atoms with Gasteiger partial charge in [-0.3, -0.25) is 0 Å². The highest BCUT2D eigenvalue weighted by Gasteiger charge is 2.13. The monoisotopic (exact) mass is 373 g/mol. The Labute approximate surface area is 136 Å². The van der Waals surface area contributed by atoms with Crippen LogP contribution in [0, 0.1) is 0 Å². The third-order valence-electron chi connectivity index (χ3n) is 2.88. The number of benzene rings is 1. The Morgan fingerprint density at radius 1 is 1.20 bits per heavy atom. The Morgan fingerprint density at radius 2 is 1.85 bits per heavy atom. The second-order valence-electron chi connectivity index (χ2n) is 4.41. The molecule has 1 heterocycles. The first kappa shape index (κ1) is 15.5. The molecule has 0 saturated heterocycles. The molecule has 2 aromatic rings. The summed E-state index contributed by atoms with van der Waals surface area (Å²) < 4.78 is 0.772. The number of aromatic nitrogens is 2. The van der Waals surface area contributed by atoms with E-state index in [2.05, 4.69) is 32.8 Å². The Hall–Kier alpha value is -0.840. The van der Waals surface area contributed by atoms with Crippen molar-refractivity contribution < 1.29 is 0 Å². The van der Waals surface area contributed by atoms with Gasteiger partial charge >= 0.3 is 0 Å². The van der Waals surface area contributed by atoms with Crippen molar-refractivity contribution in [1.29, 1.82) is 0 Å². The van der Waals surface area contributed by atoms with E-state index in [1.54, 1.807) is 12.1 Å². The Bertz CT molecular complexity index is 612. The number of hydrogen-bond acceptors (Lipinski definition) is 3. The van der Waals surface area contributed by atoms with Crippen LogP contribution in [0.1, 0.15) is 30.4 Å². The molecule has 0 aliphatic heterocycles. The number of rotatable bonds is 4. The maximum atomic E-state index is 6.17. The molecule has 0 aliphatic rings. The van der Waals surface area contributed by atoms with Crippen molar-refractivity contribution in [2.75, 3.05) is 5.73 Å². The highest BCUT2D eigenvalue weighted by molar-refractivity contribution is 9.10. The van der Waals surface area contributed by atoms with Crippen molar-refractivity contribution in [2.45, 2.75) is 26.2 Å². The van der Waals surface area contributed by atoms with Gasteiger partial charge in [-0.2, -0.15) is 0 Å². The quantitative estimate of drug-likeness (QED) is 0.845. The summed E-state index contributed by atoms with van der Waals surface area (Å²) >= 11 is 15.8. The van der Waals surface area contributed by atoms with E-state index in [0.717, 1.165) is 28.6 Å². The maximum Gasteiger partial charge on any atom is 0.141 e. The van der Waals surface area contributed by atoms with Gasteiger partial charge in [-0.05, 0) is 40.0 Å². The van der Waals surface area contributed by atoms with Crippen LogP contribution >= 0.6 is 39.1 Å². The van der Waals surface area contributed by atoms with E-state index in [-0.39, 0.29) is 0 Å². The smallest absolute Gasteiger partial charge is 0.141 e. The van der Waals surface area contributed by atoms with E-state index >= 15 is 0 Å². The molecule has 1 aromatic carbocycles. The van der Waals surface area contributed by atoms with Crippen LogP contribution < -0.4 is 5.73 Å². The molecule has 0 amide bonds. The SMILES string of the molecule is CCCc1nc(Cc2c(Cl)cccc2Cl)nc(N)c1Br. The molecule has 0 atom stereocenters. The molecule has 1 aromatic heterocycles. The van der Waals surface area contributed by atoms with E-state index in [9.17, 15) is 0 Å². The largest absolute Gasteiger partial charge is 0.383 e. The van der Waals surface area contributed by atoms with Crippen LogP contribution in [0.2, 0.25) is 10.0 Å². The number of nitrogen functional groups attached to an aromatic ring is 1. The van der Waals surface area contributed by atoms with Gasteiger partial charge in [-0.15, -0.1) is 0 Å². The van der Waals surface area contributed by atoms with E-state index in [1.807, 2.05) is 6.07 Å². The van der Waals surface area contributed by atoms with Crippen molar-refractivity contribution >= 4 is 44.9 Å². The van der Waals surface area contributed by atoms with Crippen LogP contribution in [-0.2, 0) is 12.8 Å². The van der Waals surface area contributed by atoms with Crippen LogP contribution in [-0.4, -0.2) is 9.97 Å². The molecule has 3 nitrogen and oxygen atoms in total. The highest BCUT2D eigenvalue weighted by atomic mass is 79.9. The zero-order valence-electron chi connectivity index (χ0n) is 11.0. The Balaban J connectivity index is 2.39. The Kier molecular flexibility index (Phi) is 5.24. The molecule has 0 fully saturated rings. The third-order valence-corrected chi connectivity index (χ3v) is 4.45. The summed E-state index contributed by atoms with van der Waals surface area (Å²) in [6, 6.07) is 5.42. The van der Waals surface area contributed by atoms with Crippen molar-refractivity contribution in [3.63, 3.8) is 0 Å². The van der Waals surface area contributed by atoms with Gasteiger partial charge in [0.25, 0.3) is 0 Å². The second-order valence-corrected chi connectivity index (χ2v) is 6.02. The summed E-state index contributed by atoms with van der Waals surface area (Å²) in [5.74, 6) is 1.07. The second kappa shape index (κ2) is 6.74. The van der Waals surface area contributed by atoms with Gasteiger partial charge < -0.3 is 5.73 Å². The van der Waals surface area contributed by atoms with Crippen LogP contribution in [0.5, 0.6) is 0 Å². The zero-order chi connectivity index (χ0) is 14.7. The standard InChI is InChI=1S/C14H14BrCl2N3/c1-2-4-11-13(15)14(18)20-12(19-11)7-8-9(16)5-3-6-10(8)17/h3,5-6H,2,4,7H2,1H3,(H2,18,19,20). The zero-order valence-corrected chi connectivity index (χ0v) is 14.1. The van der Waals surface area contributed by atoms with Crippen molar-refractivity contribution in [3.8, 4) is 0 Å². The minimum absolute atomic E-state index is 0.446. The summed E-state index contributed by atoms with van der Waals surface area (Å²) in [4.78, 5) is 8.84. The Morgan fingerprint density at radius 3 is 2.45 bits per heavy atom. The summed E-state index contributed by atoms with van der Waals surface area (Å²) in [6.45, 7) is 2.09. The summed E-state index contributed by atoms with van der Waals surface area (Å²) in [5, 5.41) is 1.22. The molecular formula is C14H14BrCl2N3. The molecule has 2 rings (SSSR count). The fraction of sp³-hybridized carbons (Fsp3) is 0.286. The van der Waals surface area contributed by atoms with Crippen LogP contribution in [0.3, 0.4) is 0 Å². The van der Waals surface area contributed by atoms with E-state index in [0.29, 0.717) is 28.1 Å². The molecule has 6 heteroatoms. The summed E-state index contributed by atoms with van der Waals surface area (Å²) in [5.41, 5.74) is 7.65.